The van der Waals surface area contributed by atoms with E-state index in [-0.39, 0.29) is 6.42 Å². The van der Waals surface area contributed by atoms with Crippen LogP contribution < -0.4 is 0 Å². The lowest BCUT2D eigenvalue weighted by atomic mass is 10.3. The SMILES string of the molecule is CC1(C)OC(=O)C=C(/C=C/CC(=O)O)O1. The second kappa shape index (κ2) is 4.16. The number of esters is 1. The summed E-state index contributed by atoms with van der Waals surface area (Å²) in [6.07, 6.45) is 3.90. The van der Waals surface area contributed by atoms with Crippen LogP contribution >= 0.6 is 0 Å². The maximum absolute atomic E-state index is 11.1. The van der Waals surface area contributed by atoms with E-state index < -0.39 is 17.7 Å². The highest BCUT2D eigenvalue weighted by atomic mass is 16.7. The monoisotopic (exact) mass is 212 g/mol. The van der Waals surface area contributed by atoms with Crippen molar-refractivity contribution in [3.63, 3.8) is 0 Å². The van der Waals surface area contributed by atoms with E-state index in [1.54, 1.807) is 13.8 Å². The minimum atomic E-state index is -1.01. The molecule has 5 heteroatoms. The Hall–Kier alpha value is -1.78. The van der Waals surface area contributed by atoms with E-state index in [0.717, 1.165) is 0 Å². The van der Waals surface area contributed by atoms with Gasteiger partial charge >= 0.3 is 11.9 Å². The molecule has 0 fully saturated rings. The van der Waals surface area contributed by atoms with Gasteiger partial charge in [0, 0.05) is 13.8 Å². The van der Waals surface area contributed by atoms with E-state index >= 15 is 0 Å². The van der Waals surface area contributed by atoms with Crippen molar-refractivity contribution in [1.29, 1.82) is 0 Å². The first kappa shape index (κ1) is 11.3. The number of allylic oxidation sites excluding steroid dienone is 1. The van der Waals surface area contributed by atoms with Gasteiger partial charge in [0.25, 0.3) is 0 Å². The van der Waals surface area contributed by atoms with Gasteiger partial charge in [-0.2, -0.15) is 0 Å². The van der Waals surface area contributed by atoms with Crippen LogP contribution in [0.15, 0.2) is 24.0 Å². The summed E-state index contributed by atoms with van der Waals surface area (Å²) < 4.78 is 10.1. The molecule has 0 aliphatic carbocycles. The molecule has 0 aromatic carbocycles. The Labute approximate surface area is 87.0 Å². The molecule has 0 aromatic heterocycles. The summed E-state index contributed by atoms with van der Waals surface area (Å²) in [5.41, 5.74) is 0. The number of cyclic esters (lactones) is 1. The average molecular weight is 212 g/mol. The van der Waals surface area contributed by atoms with Gasteiger partial charge in [-0.1, -0.05) is 6.08 Å². The highest BCUT2D eigenvalue weighted by Crippen LogP contribution is 2.22. The molecular formula is C10H12O5. The minimum absolute atomic E-state index is 0.115. The predicted molar refractivity (Wildman–Crippen MR) is 50.7 cm³/mol. The molecule has 0 unspecified atom stereocenters. The summed E-state index contributed by atoms with van der Waals surface area (Å²) in [6, 6.07) is 0. The quantitative estimate of drug-likeness (QED) is 0.712. The highest BCUT2D eigenvalue weighted by molar-refractivity contribution is 5.84. The number of carbonyl (C=O) groups excluding carboxylic acids is 1. The molecule has 0 saturated heterocycles. The Balaban J connectivity index is 2.66. The fraction of sp³-hybridized carbons (Fsp3) is 0.400. The van der Waals surface area contributed by atoms with E-state index in [1.165, 1.54) is 18.2 Å². The number of aliphatic carboxylic acids is 1. The van der Waals surface area contributed by atoms with E-state index in [0.29, 0.717) is 5.76 Å². The zero-order valence-corrected chi connectivity index (χ0v) is 8.52. The van der Waals surface area contributed by atoms with Crippen LogP contribution in [0.2, 0.25) is 0 Å². The first-order chi connectivity index (χ1) is 6.89. The van der Waals surface area contributed by atoms with Crippen molar-refractivity contribution in [3.8, 4) is 0 Å². The van der Waals surface area contributed by atoms with Crippen LogP contribution in [-0.2, 0) is 19.1 Å². The van der Waals surface area contributed by atoms with E-state index in [1.807, 2.05) is 0 Å². The van der Waals surface area contributed by atoms with Gasteiger partial charge in [0.1, 0.15) is 5.76 Å². The Bertz CT molecular complexity index is 338. The van der Waals surface area contributed by atoms with Crippen molar-refractivity contribution in [2.24, 2.45) is 0 Å². The minimum Gasteiger partial charge on any atom is -0.481 e. The summed E-state index contributed by atoms with van der Waals surface area (Å²) in [4.78, 5) is 21.3. The fourth-order valence-corrected chi connectivity index (χ4v) is 1.08. The number of hydrogen-bond donors (Lipinski definition) is 1. The molecule has 0 bridgehead atoms. The molecule has 0 spiro atoms. The number of hydrogen-bond acceptors (Lipinski definition) is 4. The van der Waals surface area contributed by atoms with Gasteiger partial charge in [-0.15, -0.1) is 0 Å². The molecule has 0 atom stereocenters. The van der Waals surface area contributed by atoms with Crippen LogP contribution in [0.25, 0.3) is 0 Å². The molecule has 82 valence electrons. The smallest absolute Gasteiger partial charge is 0.337 e. The Morgan fingerprint density at radius 2 is 2.20 bits per heavy atom. The molecule has 1 heterocycles. The van der Waals surface area contributed by atoms with Gasteiger partial charge in [-0.05, 0) is 6.08 Å². The molecule has 1 rings (SSSR count). The lowest BCUT2D eigenvalue weighted by Crippen LogP contribution is -2.33. The first-order valence-corrected chi connectivity index (χ1v) is 4.41. The lowest BCUT2D eigenvalue weighted by Gasteiger charge is -2.29. The van der Waals surface area contributed by atoms with Crippen molar-refractivity contribution in [2.75, 3.05) is 0 Å². The zero-order valence-electron chi connectivity index (χ0n) is 8.52. The topological polar surface area (TPSA) is 72.8 Å². The number of carboxylic acid groups (broad SMARTS) is 1. The molecule has 0 saturated carbocycles. The third-order valence-corrected chi connectivity index (χ3v) is 1.54. The molecule has 0 amide bonds. The third-order valence-electron chi connectivity index (χ3n) is 1.54. The number of ether oxygens (including phenoxy) is 2. The fourth-order valence-electron chi connectivity index (χ4n) is 1.08. The van der Waals surface area contributed by atoms with E-state index in [4.69, 9.17) is 14.6 Å². The summed E-state index contributed by atoms with van der Waals surface area (Å²) in [5.74, 6) is -2.14. The standard InChI is InChI=1S/C10H12O5/c1-10(2)14-7(6-9(13)15-10)4-3-5-8(11)12/h3-4,6H,5H2,1-2H3,(H,11,12)/b4-3+. The lowest BCUT2D eigenvalue weighted by molar-refractivity contribution is -0.203. The number of rotatable bonds is 3. The third kappa shape index (κ3) is 3.84. The largest absolute Gasteiger partial charge is 0.481 e. The van der Waals surface area contributed by atoms with Crippen LogP contribution in [-0.4, -0.2) is 22.8 Å². The molecule has 5 nitrogen and oxygen atoms in total. The molecule has 0 aromatic rings. The highest BCUT2D eigenvalue weighted by Gasteiger charge is 2.28. The normalized spacial score (nSPS) is 19.3. The van der Waals surface area contributed by atoms with Crippen LogP contribution in [0.1, 0.15) is 20.3 Å². The summed E-state index contributed by atoms with van der Waals surface area (Å²) in [7, 11) is 0. The molecule has 1 aliphatic heterocycles. The summed E-state index contributed by atoms with van der Waals surface area (Å²) in [5, 5.41) is 8.39. The van der Waals surface area contributed by atoms with Crippen molar-refractivity contribution in [2.45, 2.75) is 26.1 Å². The van der Waals surface area contributed by atoms with Crippen molar-refractivity contribution in [3.05, 3.63) is 24.0 Å². The van der Waals surface area contributed by atoms with Crippen LogP contribution in [0.3, 0.4) is 0 Å². The average Bonchev–Trinajstić information content (AvgIpc) is 1.98. The van der Waals surface area contributed by atoms with E-state index in [2.05, 4.69) is 0 Å². The summed E-state index contributed by atoms with van der Waals surface area (Å²) in [6.45, 7) is 3.20. The molecule has 15 heavy (non-hydrogen) atoms. The Morgan fingerprint density at radius 3 is 2.73 bits per heavy atom. The van der Waals surface area contributed by atoms with Crippen LogP contribution in [0.4, 0.5) is 0 Å². The number of carbonyl (C=O) groups is 2. The van der Waals surface area contributed by atoms with Gasteiger partial charge in [0.2, 0.25) is 5.79 Å². The molecule has 1 aliphatic rings. The summed E-state index contributed by atoms with van der Waals surface area (Å²) >= 11 is 0. The van der Waals surface area contributed by atoms with Gasteiger partial charge in [-0.3, -0.25) is 4.79 Å². The van der Waals surface area contributed by atoms with Crippen molar-refractivity contribution >= 4 is 11.9 Å². The van der Waals surface area contributed by atoms with Crippen molar-refractivity contribution < 1.29 is 24.2 Å². The van der Waals surface area contributed by atoms with Crippen molar-refractivity contribution in [1.82, 2.24) is 0 Å². The predicted octanol–water partition coefficient (Wildman–Crippen LogP) is 1.21. The van der Waals surface area contributed by atoms with Gasteiger partial charge in [0.15, 0.2) is 0 Å². The van der Waals surface area contributed by atoms with Gasteiger partial charge in [-0.25, -0.2) is 4.79 Å². The Morgan fingerprint density at radius 1 is 1.53 bits per heavy atom. The number of carboxylic acids is 1. The maximum atomic E-state index is 11.1. The second-order valence-electron chi connectivity index (χ2n) is 3.47. The van der Waals surface area contributed by atoms with Gasteiger partial charge < -0.3 is 14.6 Å². The Kier molecular flexibility index (Phi) is 3.14. The molecular weight excluding hydrogens is 200 g/mol. The zero-order chi connectivity index (χ0) is 11.5. The van der Waals surface area contributed by atoms with E-state index in [9.17, 15) is 9.59 Å². The van der Waals surface area contributed by atoms with Gasteiger partial charge in [0.05, 0.1) is 12.5 Å². The van der Waals surface area contributed by atoms with Crippen LogP contribution in [0.5, 0.6) is 0 Å². The maximum Gasteiger partial charge on any atom is 0.337 e. The first-order valence-electron chi connectivity index (χ1n) is 4.41. The second-order valence-corrected chi connectivity index (χ2v) is 3.47. The molecule has 1 N–H and O–H groups in total. The van der Waals surface area contributed by atoms with Crippen LogP contribution in [0, 0.1) is 0 Å². The molecule has 0 radical (unpaired) electrons.